The maximum atomic E-state index is 12.5. The van der Waals surface area contributed by atoms with Gasteiger partial charge in [0.15, 0.2) is 0 Å². The Hall–Kier alpha value is -2.39. The number of fused-ring (bicyclic) bond motifs is 1. The maximum absolute atomic E-state index is 12.5. The van der Waals surface area contributed by atoms with E-state index in [1.54, 1.807) is 30.3 Å². The van der Waals surface area contributed by atoms with E-state index in [0.29, 0.717) is 22.8 Å². The summed E-state index contributed by atoms with van der Waals surface area (Å²) >= 11 is 5.92. The summed E-state index contributed by atoms with van der Waals surface area (Å²) in [6.07, 6.45) is -5.73. The quantitative estimate of drug-likeness (QED) is 0.749. The van der Waals surface area contributed by atoms with Crippen molar-refractivity contribution in [2.24, 2.45) is 11.7 Å². The number of anilines is 1. The number of rotatable bonds is 3. The Morgan fingerprint density at radius 3 is 2.68 bits per heavy atom. The molecule has 0 bridgehead atoms. The number of carbonyl (C=O) groups is 2. The number of alkyl halides is 3. The molecular weight excluding hydrogens is 399 g/mol. The van der Waals surface area contributed by atoms with Crippen molar-refractivity contribution in [3.8, 4) is 0 Å². The second-order valence-corrected chi connectivity index (χ2v) is 7.07. The van der Waals surface area contributed by atoms with Crippen molar-refractivity contribution in [3.05, 3.63) is 35.4 Å². The van der Waals surface area contributed by atoms with Crippen LogP contribution in [-0.4, -0.2) is 35.2 Å². The Balaban J connectivity index is 1.67. The van der Waals surface area contributed by atoms with Crippen LogP contribution in [0.3, 0.4) is 0 Å². The summed E-state index contributed by atoms with van der Waals surface area (Å²) in [5, 5.41) is 4.01. The predicted octanol–water partition coefficient (Wildman–Crippen LogP) is 3.43. The molecule has 0 spiro atoms. The van der Waals surface area contributed by atoms with Gasteiger partial charge < -0.3 is 15.8 Å². The van der Waals surface area contributed by atoms with Gasteiger partial charge in [-0.05, 0) is 49.6 Å². The minimum atomic E-state index is -5.10. The highest BCUT2D eigenvalue weighted by Gasteiger charge is 2.44. The number of benzene rings is 1. The number of nitrogens with two attached hydrogens (primary N) is 1. The number of nitrogens with one attached hydrogen (secondary N) is 1. The minimum absolute atomic E-state index is 0.0853. The first-order chi connectivity index (χ1) is 13.1. The molecule has 150 valence electrons. The second kappa shape index (κ2) is 7.92. The summed E-state index contributed by atoms with van der Waals surface area (Å²) in [4.78, 5) is 27.9. The van der Waals surface area contributed by atoms with E-state index in [2.05, 4.69) is 15.0 Å². The third-order valence-corrected chi connectivity index (χ3v) is 4.84. The molecule has 6 nitrogen and oxygen atoms in total. The van der Waals surface area contributed by atoms with E-state index in [9.17, 15) is 22.8 Å². The van der Waals surface area contributed by atoms with Crippen LogP contribution in [0.25, 0.3) is 10.9 Å². The molecule has 3 atom stereocenters. The van der Waals surface area contributed by atoms with Crippen LogP contribution in [0.2, 0.25) is 5.02 Å². The first-order valence-corrected chi connectivity index (χ1v) is 8.92. The van der Waals surface area contributed by atoms with Gasteiger partial charge in [0.25, 0.3) is 0 Å². The summed E-state index contributed by atoms with van der Waals surface area (Å²) in [6.45, 7) is 0. The molecule has 3 N–H and O–H groups in total. The molecule has 0 aliphatic heterocycles. The minimum Gasteiger partial charge on any atom is -0.454 e. The van der Waals surface area contributed by atoms with Gasteiger partial charge in [0.2, 0.25) is 5.91 Å². The monoisotopic (exact) mass is 415 g/mol. The van der Waals surface area contributed by atoms with Crippen LogP contribution in [0.15, 0.2) is 30.3 Å². The molecule has 1 heterocycles. The molecule has 10 heteroatoms. The molecule has 0 radical (unpaired) electrons. The zero-order valence-corrected chi connectivity index (χ0v) is 15.3. The molecule has 1 aliphatic carbocycles. The number of halogens is 4. The smallest absolute Gasteiger partial charge is 0.454 e. The highest BCUT2D eigenvalue weighted by atomic mass is 35.5. The molecule has 1 amide bonds. The van der Waals surface area contributed by atoms with E-state index >= 15 is 0 Å². The van der Waals surface area contributed by atoms with Gasteiger partial charge in [0.1, 0.15) is 11.9 Å². The summed E-state index contributed by atoms with van der Waals surface area (Å²) in [5.74, 6) is -3.06. The fraction of sp³-hybridized carbons (Fsp3) is 0.389. The van der Waals surface area contributed by atoms with Crippen LogP contribution in [-0.2, 0) is 14.3 Å². The molecule has 0 saturated heterocycles. The normalized spacial score (nSPS) is 22.7. The lowest BCUT2D eigenvalue weighted by Crippen LogP contribution is -2.47. The number of hydrogen-bond acceptors (Lipinski definition) is 5. The standard InChI is InChI=1S/C18H17ClF3N3O3/c19-11-3-5-13-9(7-11)2-6-15(24-13)25-16(26)10-1-4-12(23)14(8-10)28-17(27)18(20,21)22/h2-3,5-7,10,12,14H,1,4,8,23H2,(H,24,25,26)/t10-,12-,14?/m0/s1. The summed E-state index contributed by atoms with van der Waals surface area (Å²) in [5.41, 5.74) is 6.39. The van der Waals surface area contributed by atoms with Gasteiger partial charge in [0.05, 0.1) is 5.52 Å². The van der Waals surface area contributed by atoms with Crippen LogP contribution < -0.4 is 11.1 Å². The van der Waals surface area contributed by atoms with Gasteiger partial charge in [0, 0.05) is 22.4 Å². The number of aromatic nitrogens is 1. The van der Waals surface area contributed by atoms with Gasteiger partial charge >= 0.3 is 12.1 Å². The van der Waals surface area contributed by atoms with E-state index in [1.165, 1.54) is 0 Å². The third kappa shape index (κ3) is 4.71. The first kappa shape index (κ1) is 20.3. The summed E-state index contributed by atoms with van der Waals surface area (Å²) in [7, 11) is 0. The lowest BCUT2D eigenvalue weighted by Gasteiger charge is -2.33. The SMILES string of the molecule is N[C@H]1CC[C@H](C(=O)Nc2ccc3cc(Cl)ccc3n2)CC1OC(=O)C(F)(F)F. The molecule has 1 unspecified atom stereocenters. The van der Waals surface area contributed by atoms with Crippen molar-refractivity contribution in [1.82, 2.24) is 4.98 Å². The van der Waals surface area contributed by atoms with Crippen molar-refractivity contribution in [3.63, 3.8) is 0 Å². The summed E-state index contributed by atoms with van der Waals surface area (Å²) < 4.78 is 41.7. The maximum Gasteiger partial charge on any atom is 0.490 e. The third-order valence-electron chi connectivity index (χ3n) is 4.61. The Bertz CT molecular complexity index is 907. The first-order valence-electron chi connectivity index (χ1n) is 8.54. The number of carbonyl (C=O) groups excluding carboxylic acids is 2. The number of ether oxygens (including phenoxy) is 1. The molecule has 2 aromatic rings. The van der Waals surface area contributed by atoms with E-state index in [0.717, 1.165) is 5.39 Å². The zero-order valence-electron chi connectivity index (χ0n) is 14.5. The Kier molecular flexibility index (Phi) is 5.76. The molecule has 1 fully saturated rings. The van der Waals surface area contributed by atoms with Crippen molar-refractivity contribution < 1.29 is 27.5 Å². The fourth-order valence-corrected chi connectivity index (χ4v) is 3.31. The highest BCUT2D eigenvalue weighted by molar-refractivity contribution is 6.31. The van der Waals surface area contributed by atoms with Gasteiger partial charge in [-0.25, -0.2) is 9.78 Å². The van der Waals surface area contributed by atoms with Crippen LogP contribution in [0.4, 0.5) is 19.0 Å². The van der Waals surface area contributed by atoms with Crippen LogP contribution in [0.5, 0.6) is 0 Å². The van der Waals surface area contributed by atoms with Gasteiger partial charge in [-0.3, -0.25) is 4.79 Å². The van der Waals surface area contributed by atoms with Crippen molar-refractivity contribution in [2.45, 2.75) is 37.6 Å². The largest absolute Gasteiger partial charge is 0.490 e. The zero-order chi connectivity index (χ0) is 20.5. The fourth-order valence-electron chi connectivity index (χ4n) is 3.12. The lowest BCUT2D eigenvalue weighted by atomic mass is 9.83. The molecular formula is C18H17ClF3N3O3. The van der Waals surface area contributed by atoms with Crippen molar-refractivity contribution in [1.29, 1.82) is 0 Å². The van der Waals surface area contributed by atoms with Gasteiger partial charge in [-0.2, -0.15) is 13.2 Å². The molecule has 1 aromatic carbocycles. The average molecular weight is 416 g/mol. The number of hydrogen-bond donors (Lipinski definition) is 2. The number of nitrogens with zero attached hydrogens (tertiary/aromatic N) is 1. The number of pyridine rings is 1. The predicted molar refractivity (Wildman–Crippen MR) is 96.6 cm³/mol. The van der Waals surface area contributed by atoms with E-state index in [4.69, 9.17) is 17.3 Å². The van der Waals surface area contributed by atoms with E-state index in [-0.39, 0.29) is 12.8 Å². The molecule has 3 rings (SSSR count). The molecule has 1 saturated carbocycles. The topological polar surface area (TPSA) is 94.3 Å². The van der Waals surface area contributed by atoms with Gasteiger partial charge in [-0.15, -0.1) is 0 Å². The van der Waals surface area contributed by atoms with E-state index in [1.807, 2.05) is 0 Å². The number of amides is 1. The van der Waals surface area contributed by atoms with Crippen molar-refractivity contribution >= 4 is 40.2 Å². The second-order valence-electron chi connectivity index (χ2n) is 6.64. The van der Waals surface area contributed by atoms with Crippen LogP contribution >= 0.6 is 11.6 Å². The average Bonchev–Trinajstić information content (AvgIpc) is 2.62. The van der Waals surface area contributed by atoms with Crippen molar-refractivity contribution in [2.75, 3.05) is 5.32 Å². The highest BCUT2D eigenvalue weighted by Crippen LogP contribution is 2.29. The van der Waals surface area contributed by atoms with Crippen LogP contribution in [0.1, 0.15) is 19.3 Å². The Morgan fingerprint density at radius 1 is 1.21 bits per heavy atom. The Labute approximate surface area is 163 Å². The van der Waals surface area contributed by atoms with Crippen LogP contribution in [0, 0.1) is 5.92 Å². The molecule has 1 aromatic heterocycles. The summed E-state index contributed by atoms with van der Waals surface area (Å²) in [6, 6.07) is 7.71. The molecule has 28 heavy (non-hydrogen) atoms. The Morgan fingerprint density at radius 2 is 1.96 bits per heavy atom. The van der Waals surface area contributed by atoms with Gasteiger partial charge in [-0.1, -0.05) is 11.6 Å². The van der Waals surface area contributed by atoms with E-state index < -0.39 is 36.1 Å². The molecule has 1 aliphatic rings. The number of esters is 1. The lowest BCUT2D eigenvalue weighted by molar-refractivity contribution is -0.207.